The average molecular weight is 264 g/mol. The maximum Gasteiger partial charge on any atom is 0.192 e. The van der Waals surface area contributed by atoms with Gasteiger partial charge in [-0.05, 0) is 36.7 Å². The predicted octanol–water partition coefficient (Wildman–Crippen LogP) is 4.41. The summed E-state index contributed by atoms with van der Waals surface area (Å²) >= 11 is 0. The van der Waals surface area contributed by atoms with E-state index in [4.69, 9.17) is 4.43 Å². The van der Waals surface area contributed by atoms with Crippen molar-refractivity contribution in [1.29, 1.82) is 0 Å². The molecular weight excluding hydrogens is 240 g/mol. The lowest BCUT2D eigenvalue weighted by Gasteiger charge is -2.36. The van der Waals surface area contributed by atoms with E-state index in [1.54, 1.807) is 6.92 Å². The Morgan fingerprint density at radius 2 is 1.89 bits per heavy atom. The van der Waals surface area contributed by atoms with Crippen LogP contribution in [0.2, 0.25) is 18.1 Å². The van der Waals surface area contributed by atoms with E-state index in [1.807, 2.05) is 24.3 Å². The van der Waals surface area contributed by atoms with Crippen molar-refractivity contribution < 1.29 is 9.22 Å². The Balaban J connectivity index is 2.75. The van der Waals surface area contributed by atoms with Gasteiger partial charge in [0.2, 0.25) is 0 Å². The smallest absolute Gasteiger partial charge is 0.192 e. The molecule has 1 aromatic rings. The van der Waals surface area contributed by atoms with Crippen molar-refractivity contribution in [3.05, 3.63) is 35.4 Å². The summed E-state index contributed by atoms with van der Waals surface area (Å²) in [6, 6.07) is 7.70. The number of ketones is 1. The molecule has 0 fully saturated rings. The van der Waals surface area contributed by atoms with Crippen molar-refractivity contribution in [2.45, 2.75) is 52.4 Å². The van der Waals surface area contributed by atoms with Gasteiger partial charge in [-0.25, -0.2) is 0 Å². The summed E-state index contributed by atoms with van der Waals surface area (Å²) in [4.78, 5) is 11.3. The van der Waals surface area contributed by atoms with Crippen LogP contribution in [0.3, 0.4) is 0 Å². The molecule has 0 heterocycles. The average Bonchev–Trinajstić information content (AvgIpc) is 2.25. The van der Waals surface area contributed by atoms with Gasteiger partial charge in [-0.3, -0.25) is 4.79 Å². The Kier molecular flexibility index (Phi) is 4.51. The van der Waals surface area contributed by atoms with Gasteiger partial charge in [-0.2, -0.15) is 0 Å². The van der Waals surface area contributed by atoms with E-state index in [9.17, 15) is 4.79 Å². The summed E-state index contributed by atoms with van der Waals surface area (Å²) in [7, 11) is -1.72. The summed E-state index contributed by atoms with van der Waals surface area (Å²) < 4.78 is 6.14. The number of rotatable bonds is 4. The van der Waals surface area contributed by atoms with E-state index in [0.29, 0.717) is 6.61 Å². The Hall–Kier alpha value is -0.933. The van der Waals surface area contributed by atoms with Crippen LogP contribution in [0.1, 0.15) is 43.6 Å². The van der Waals surface area contributed by atoms with Crippen molar-refractivity contribution in [2.75, 3.05) is 0 Å². The van der Waals surface area contributed by atoms with Gasteiger partial charge >= 0.3 is 0 Å². The van der Waals surface area contributed by atoms with Crippen molar-refractivity contribution >= 4 is 14.1 Å². The number of carbonyl (C=O) groups excluding carboxylic acids is 1. The van der Waals surface area contributed by atoms with Crippen molar-refractivity contribution in [1.82, 2.24) is 0 Å². The van der Waals surface area contributed by atoms with Crippen LogP contribution < -0.4 is 0 Å². The standard InChI is InChI=1S/C15H24O2Si/c1-12(16)14-9-7-8-13(10-14)11-17-18(5,6)15(2,3)4/h7-10H,11H2,1-6H3. The molecule has 18 heavy (non-hydrogen) atoms. The normalized spacial score (nSPS) is 12.6. The first kappa shape index (κ1) is 15.1. The largest absolute Gasteiger partial charge is 0.413 e. The molecule has 0 N–H and O–H groups in total. The zero-order chi connectivity index (χ0) is 14.0. The number of hydrogen-bond acceptors (Lipinski definition) is 2. The fraction of sp³-hybridized carbons (Fsp3) is 0.533. The highest BCUT2D eigenvalue weighted by Gasteiger charge is 2.36. The molecule has 0 radical (unpaired) electrons. The third kappa shape index (κ3) is 3.78. The monoisotopic (exact) mass is 264 g/mol. The molecule has 0 unspecified atom stereocenters. The maximum absolute atomic E-state index is 11.3. The van der Waals surface area contributed by atoms with Crippen molar-refractivity contribution in [2.24, 2.45) is 0 Å². The molecule has 0 aliphatic heterocycles. The summed E-state index contributed by atoms with van der Waals surface area (Å²) in [5, 5.41) is 0.213. The first-order chi connectivity index (χ1) is 8.13. The third-order valence-electron chi connectivity index (χ3n) is 3.74. The Labute approximate surface area is 111 Å². The predicted molar refractivity (Wildman–Crippen MR) is 78.4 cm³/mol. The highest BCUT2D eigenvalue weighted by Crippen LogP contribution is 2.37. The van der Waals surface area contributed by atoms with E-state index < -0.39 is 8.32 Å². The van der Waals surface area contributed by atoms with Gasteiger partial charge < -0.3 is 4.43 Å². The topological polar surface area (TPSA) is 26.3 Å². The van der Waals surface area contributed by atoms with Gasteiger partial charge in [-0.1, -0.05) is 39.0 Å². The van der Waals surface area contributed by atoms with E-state index in [1.165, 1.54) is 0 Å². The summed E-state index contributed by atoms with van der Waals surface area (Å²) in [6.07, 6.45) is 0. The van der Waals surface area contributed by atoms with Gasteiger partial charge in [0.25, 0.3) is 0 Å². The minimum atomic E-state index is -1.72. The Bertz CT molecular complexity index is 430. The molecule has 1 aromatic carbocycles. The molecule has 2 nitrogen and oxygen atoms in total. The minimum absolute atomic E-state index is 0.101. The molecule has 0 aromatic heterocycles. The van der Waals surface area contributed by atoms with Crippen molar-refractivity contribution in [3.8, 4) is 0 Å². The van der Waals surface area contributed by atoms with Gasteiger partial charge in [0, 0.05) is 5.56 Å². The number of carbonyl (C=O) groups is 1. The SMILES string of the molecule is CC(=O)c1cccc(CO[Si](C)(C)C(C)(C)C)c1. The molecule has 0 atom stereocenters. The van der Waals surface area contributed by atoms with Crippen LogP contribution in [0.4, 0.5) is 0 Å². The molecule has 3 heteroatoms. The van der Waals surface area contributed by atoms with E-state index in [-0.39, 0.29) is 10.8 Å². The number of Topliss-reactive ketones (excluding diaryl/α,β-unsaturated/α-hetero) is 1. The summed E-state index contributed by atoms with van der Waals surface area (Å²) in [5.74, 6) is 0.101. The Morgan fingerprint density at radius 3 is 2.39 bits per heavy atom. The van der Waals surface area contributed by atoms with E-state index >= 15 is 0 Å². The lowest BCUT2D eigenvalue weighted by Crippen LogP contribution is -2.40. The van der Waals surface area contributed by atoms with Gasteiger partial charge in [-0.15, -0.1) is 0 Å². The minimum Gasteiger partial charge on any atom is -0.413 e. The maximum atomic E-state index is 11.3. The zero-order valence-electron chi connectivity index (χ0n) is 12.3. The molecule has 0 saturated heterocycles. The molecule has 0 amide bonds. The van der Waals surface area contributed by atoms with Crippen LogP contribution in [-0.2, 0) is 11.0 Å². The Morgan fingerprint density at radius 1 is 1.28 bits per heavy atom. The molecule has 0 bridgehead atoms. The van der Waals surface area contributed by atoms with Crippen LogP contribution >= 0.6 is 0 Å². The van der Waals surface area contributed by atoms with E-state index in [0.717, 1.165) is 11.1 Å². The van der Waals surface area contributed by atoms with Gasteiger partial charge in [0.1, 0.15) is 0 Å². The number of hydrogen-bond donors (Lipinski definition) is 0. The van der Waals surface area contributed by atoms with Gasteiger partial charge in [0.15, 0.2) is 14.1 Å². The van der Waals surface area contributed by atoms with Crippen LogP contribution in [0, 0.1) is 0 Å². The quantitative estimate of drug-likeness (QED) is 0.595. The van der Waals surface area contributed by atoms with Crippen LogP contribution in [-0.4, -0.2) is 14.1 Å². The highest BCUT2D eigenvalue weighted by atomic mass is 28.4. The van der Waals surface area contributed by atoms with E-state index in [2.05, 4.69) is 33.9 Å². The highest BCUT2D eigenvalue weighted by molar-refractivity contribution is 6.74. The summed E-state index contributed by atoms with van der Waals surface area (Å²) in [6.45, 7) is 13.3. The molecular formula is C15H24O2Si. The van der Waals surface area contributed by atoms with Crippen molar-refractivity contribution in [3.63, 3.8) is 0 Å². The fourth-order valence-electron chi connectivity index (χ4n) is 1.36. The molecule has 0 aliphatic rings. The third-order valence-corrected chi connectivity index (χ3v) is 8.22. The zero-order valence-corrected chi connectivity index (χ0v) is 13.3. The van der Waals surface area contributed by atoms with Crippen LogP contribution in [0.5, 0.6) is 0 Å². The second kappa shape index (κ2) is 5.37. The fourth-order valence-corrected chi connectivity index (χ4v) is 2.32. The first-order valence-corrected chi connectivity index (χ1v) is 9.28. The first-order valence-electron chi connectivity index (χ1n) is 6.37. The molecule has 100 valence electrons. The van der Waals surface area contributed by atoms with Crippen LogP contribution in [0.25, 0.3) is 0 Å². The lowest BCUT2D eigenvalue weighted by molar-refractivity contribution is 0.101. The lowest BCUT2D eigenvalue weighted by atomic mass is 10.1. The molecule has 0 saturated carbocycles. The van der Waals surface area contributed by atoms with Gasteiger partial charge in [0.05, 0.1) is 6.61 Å². The second-order valence-corrected chi connectivity index (χ2v) is 11.1. The number of benzene rings is 1. The summed E-state index contributed by atoms with van der Waals surface area (Å²) in [5.41, 5.74) is 1.83. The van der Waals surface area contributed by atoms with Crippen LogP contribution in [0.15, 0.2) is 24.3 Å². The molecule has 0 aliphatic carbocycles. The molecule has 1 rings (SSSR count). The molecule has 0 spiro atoms. The second-order valence-electron chi connectivity index (χ2n) is 6.31.